The first-order valence-corrected chi connectivity index (χ1v) is 8.73. The van der Waals surface area contributed by atoms with E-state index in [2.05, 4.69) is 36.3 Å². The highest BCUT2D eigenvalue weighted by atomic mass is 16.2. The zero-order valence-corrected chi connectivity index (χ0v) is 15.2. The second-order valence-electron chi connectivity index (χ2n) is 6.79. The standard InChI is InChI=1S/C22H21N3O/c1-14-6-10-18(11-7-14)25-21(20-19(22(25)26)5-4-12-23-20)24-17-9-8-15(2)16(3)13-17/h4-13,21,24H,1-3H3/t21-/m1/s1. The zero-order chi connectivity index (χ0) is 18.3. The number of hydrogen-bond acceptors (Lipinski definition) is 3. The number of pyridine rings is 1. The van der Waals surface area contributed by atoms with E-state index in [4.69, 9.17) is 0 Å². The van der Waals surface area contributed by atoms with E-state index in [-0.39, 0.29) is 12.1 Å². The number of benzene rings is 2. The number of amides is 1. The number of carbonyl (C=O) groups excluding carboxylic acids is 1. The van der Waals surface area contributed by atoms with E-state index >= 15 is 0 Å². The molecule has 0 radical (unpaired) electrons. The third-order valence-electron chi connectivity index (χ3n) is 4.93. The van der Waals surface area contributed by atoms with E-state index in [9.17, 15) is 4.79 Å². The molecule has 1 atom stereocenters. The second-order valence-corrected chi connectivity index (χ2v) is 6.79. The Morgan fingerprint density at radius 1 is 0.962 bits per heavy atom. The largest absolute Gasteiger partial charge is 0.360 e. The summed E-state index contributed by atoms with van der Waals surface area (Å²) in [6.07, 6.45) is 1.41. The minimum absolute atomic E-state index is 0.0294. The number of aromatic nitrogens is 1. The van der Waals surface area contributed by atoms with Crippen molar-refractivity contribution in [2.45, 2.75) is 26.9 Å². The lowest BCUT2D eigenvalue weighted by Gasteiger charge is -2.27. The van der Waals surface area contributed by atoms with Gasteiger partial charge in [0, 0.05) is 17.6 Å². The predicted molar refractivity (Wildman–Crippen MR) is 105 cm³/mol. The number of nitrogens with zero attached hydrogens (tertiary/aromatic N) is 2. The van der Waals surface area contributed by atoms with Gasteiger partial charge in [0.1, 0.15) is 0 Å². The normalized spacial score (nSPS) is 15.9. The molecule has 4 nitrogen and oxygen atoms in total. The monoisotopic (exact) mass is 343 g/mol. The van der Waals surface area contributed by atoms with Crippen molar-refractivity contribution in [3.05, 3.63) is 88.7 Å². The predicted octanol–water partition coefficient (Wildman–Crippen LogP) is 4.78. The van der Waals surface area contributed by atoms with Crippen molar-refractivity contribution in [1.82, 2.24) is 4.98 Å². The van der Waals surface area contributed by atoms with Crippen molar-refractivity contribution in [3.63, 3.8) is 0 Å². The molecular weight excluding hydrogens is 322 g/mol. The van der Waals surface area contributed by atoms with Crippen LogP contribution in [0.2, 0.25) is 0 Å². The zero-order valence-electron chi connectivity index (χ0n) is 15.2. The number of carbonyl (C=O) groups is 1. The number of nitrogens with one attached hydrogen (secondary N) is 1. The van der Waals surface area contributed by atoms with Crippen LogP contribution in [0.25, 0.3) is 0 Å². The molecule has 26 heavy (non-hydrogen) atoms. The molecule has 0 bridgehead atoms. The van der Waals surface area contributed by atoms with Crippen LogP contribution in [0.4, 0.5) is 11.4 Å². The Kier molecular flexibility index (Phi) is 3.96. The second kappa shape index (κ2) is 6.30. The number of aryl methyl sites for hydroxylation is 3. The molecule has 1 aliphatic heterocycles. The van der Waals surface area contributed by atoms with Gasteiger partial charge in [-0.25, -0.2) is 0 Å². The van der Waals surface area contributed by atoms with Crippen molar-refractivity contribution < 1.29 is 4.79 Å². The highest BCUT2D eigenvalue weighted by Gasteiger charge is 2.38. The van der Waals surface area contributed by atoms with Crippen molar-refractivity contribution in [1.29, 1.82) is 0 Å². The molecule has 4 heteroatoms. The fourth-order valence-corrected chi connectivity index (χ4v) is 3.28. The van der Waals surface area contributed by atoms with Gasteiger partial charge in [-0.1, -0.05) is 23.8 Å². The van der Waals surface area contributed by atoms with Crippen LogP contribution in [0.5, 0.6) is 0 Å². The minimum atomic E-state index is -0.330. The van der Waals surface area contributed by atoms with E-state index in [1.54, 1.807) is 11.1 Å². The fraction of sp³-hybridized carbons (Fsp3) is 0.182. The van der Waals surface area contributed by atoms with Gasteiger partial charge in [-0.3, -0.25) is 14.7 Å². The number of rotatable bonds is 3. The fourth-order valence-electron chi connectivity index (χ4n) is 3.28. The SMILES string of the molecule is Cc1ccc(N2C(=O)c3cccnc3[C@@H]2Nc2ccc(C)c(C)c2)cc1. The number of anilines is 2. The lowest BCUT2D eigenvalue weighted by Crippen LogP contribution is -2.32. The Hall–Kier alpha value is -3.14. The summed E-state index contributed by atoms with van der Waals surface area (Å²) >= 11 is 0. The minimum Gasteiger partial charge on any atom is -0.360 e. The molecule has 4 rings (SSSR count). The van der Waals surface area contributed by atoms with Gasteiger partial charge in [0.25, 0.3) is 5.91 Å². The summed E-state index contributed by atoms with van der Waals surface area (Å²) in [5.41, 5.74) is 6.86. The van der Waals surface area contributed by atoms with Crippen molar-refractivity contribution in [2.75, 3.05) is 10.2 Å². The van der Waals surface area contributed by atoms with Gasteiger partial charge in [-0.2, -0.15) is 0 Å². The maximum atomic E-state index is 13.0. The topological polar surface area (TPSA) is 45.2 Å². The molecule has 0 spiro atoms. The summed E-state index contributed by atoms with van der Waals surface area (Å²) in [5, 5.41) is 3.50. The van der Waals surface area contributed by atoms with Crippen LogP contribution in [0.15, 0.2) is 60.8 Å². The molecule has 1 aromatic heterocycles. The Morgan fingerprint density at radius 3 is 2.46 bits per heavy atom. The molecule has 130 valence electrons. The maximum Gasteiger partial charge on any atom is 0.262 e. The first-order chi connectivity index (χ1) is 12.5. The molecule has 3 aromatic rings. The molecular formula is C22H21N3O. The van der Waals surface area contributed by atoms with Crippen LogP contribution in [0, 0.1) is 20.8 Å². The molecule has 0 fully saturated rings. The van der Waals surface area contributed by atoms with Gasteiger partial charge in [0.05, 0.1) is 11.3 Å². The number of fused-ring (bicyclic) bond motifs is 1. The molecule has 0 saturated heterocycles. The summed E-state index contributed by atoms with van der Waals surface area (Å²) in [6, 6.07) is 17.9. The molecule has 2 aromatic carbocycles. The first kappa shape index (κ1) is 16.3. The summed E-state index contributed by atoms with van der Waals surface area (Å²) in [6.45, 7) is 6.22. The van der Waals surface area contributed by atoms with Gasteiger partial charge in [0.15, 0.2) is 6.17 Å². The smallest absolute Gasteiger partial charge is 0.262 e. The Bertz CT molecular complexity index is 979. The Balaban J connectivity index is 1.77. The van der Waals surface area contributed by atoms with Crippen LogP contribution in [0.1, 0.15) is 38.9 Å². The van der Waals surface area contributed by atoms with E-state index in [0.717, 1.165) is 22.6 Å². The van der Waals surface area contributed by atoms with Gasteiger partial charge in [-0.15, -0.1) is 0 Å². The molecule has 1 N–H and O–H groups in total. The van der Waals surface area contributed by atoms with Gasteiger partial charge in [-0.05, 0) is 68.3 Å². The van der Waals surface area contributed by atoms with Gasteiger partial charge >= 0.3 is 0 Å². The number of hydrogen-bond donors (Lipinski definition) is 1. The van der Waals surface area contributed by atoms with Gasteiger partial charge in [0.2, 0.25) is 0 Å². The van der Waals surface area contributed by atoms with Crippen LogP contribution in [-0.4, -0.2) is 10.9 Å². The highest BCUT2D eigenvalue weighted by molar-refractivity contribution is 6.11. The van der Waals surface area contributed by atoms with E-state index in [0.29, 0.717) is 5.56 Å². The highest BCUT2D eigenvalue weighted by Crippen LogP contribution is 2.37. The van der Waals surface area contributed by atoms with Crippen molar-refractivity contribution >= 4 is 17.3 Å². The molecule has 0 unspecified atom stereocenters. The van der Waals surface area contributed by atoms with Crippen LogP contribution < -0.4 is 10.2 Å². The van der Waals surface area contributed by atoms with Crippen LogP contribution in [0.3, 0.4) is 0 Å². The average Bonchev–Trinajstić information content (AvgIpc) is 2.92. The van der Waals surface area contributed by atoms with E-state index in [1.807, 2.05) is 49.4 Å². The molecule has 1 amide bonds. The lowest BCUT2D eigenvalue weighted by atomic mass is 10.1. The van der Waals surface area contributed by atoms with E-state index < -0.39 is 0 Å². The lowest BCUT2D eigenvalue weighted by molar-refractivity contribution is 0.0993. The summed E-state index contributed by atoms with van der Waals surface area (Å²) in [4.78, 5) is 19.3. The molecule has 0 aliphatic carbocycles. The Morgan fingerprint density at radius 2 is 1.73 bits per heavy atom. The molecule has 0 saturated carbocycles. The Labute approximate surface area is 153 Å². The quantitative estimate of drug-likeness (QED) is 0.744. The average molecular weight is 343 g/mol. The first-order valence-electron chi connectivity index (χ1n) is 8.73. The third-order valence-corrected chi connectivity index (χ3v) is 4.93. The third kappa shape index (κ3) is 2.73. The van der Waals surface area contributed by atoms with Crippen molar-refractivity contribution in [3.8, 4) is 0 Å². The summed E-state index contributed by atoms with van der Waals surface area (Å²) < 4.78 is 0. The molecule has 1 aliphatic rings. The molecule has 2 heterocycles. The summed E-state index contributed by atoms with van der Waals surface area (Å²) in [7, 11) is 0. The maximum absolute atomic E-state index is 13.0. The summed E-state index contributed by atoms with van der Waals surface area (Å²) in [5.74, 6) is -0.0294. The van der Waals surface area contributed by atoms with Crippen LogP contribution >= 0.6 is 0 Å². The van der Waals surface area contributed by atoms with Crippen LogP contribution in [-0.2, 0) is 0 Å². The van der Waals surface area contributed by atoms with Crippen molar-refractivity contribution in [2.24, 2.45) is 0 Å². The van der Waals surface area contributed by atoms with E-state index in [1.165, 1.54) is 11.1 Å². The van der Waals surface area contributed by atoms with Gasteiger partial charge < -0.3 is 5.32 Å².